The molecule has 4 nitrogen and oxygen atoms in total. The van der Waals surface area contributed by atoms with Crippen molar-refractivity contribution in [1.29, 1.82) is 5.26 Å². The Kier molecular flexibility index (Phi) is 7.37. The van der Waals surface area contributed by atoms with Crippen molar-refractivity contribution in [3.63, 3.8) is 0 Å². The minimum Gasteiger partial charge on any atom is -0.488 e. The first kappa shape index (κ1) is 21.7. The van der Waals surface area contributed by atoms with E-state index in [1.807, 2.05) is 12.1 Å². The predicted molar refractivity (Wildman–Crippen MR) is 121 cm³/mol. The number of carbonyl (C=O) groups is 1. The van der Waals surface area contributed by atoms with E-state index in [2.05, 4.69) is 5.32 Å². The van der Waals surface area contributed by atoms with Crippen molar-refractivity contribution >= 4 is 52.5 Å². The average molecular weight is 458 g/mol. The van der Waals surface area contributed by atoms with Crippen molar-refractivity contribution in [2.75, 3.05) is 5.32 Å². The topological polar surface area (TPSA) is 62.1 Å². The number of rotatable bonds is 6. The third-order valence-corrected chi connectivity index (χ3v) is 5.15. The first-order chi connectivity index (χ1) is 14.5. The van der Waals surface area contributed by atoms with Crippen LogP contribution in [0.15, 0.2) is 72.3 Å². The second kappa shape index (κ2) is 10.2. The molecule has 3 aromatic carbocycles. The van der Waals surface area contributed by atoms with Gasteiger partial charge in [-0.3, -0.25) is 4.79 Å². The molecule has 0 aliphatic carbocycles. The molecule has 0 radical (unpaired) electrons. The van der Waals surface area contributed by atoms with E-state index in [1.165, 1.54) is 6.08 Å². The Hall–Kier alpha value is -2.97. The molecule has 3 aromatic rings. The summed E-state index contributed by atoms with van der Waals surface area (Å²) in [6.07, 6.45) is 1.47. The number of para-hydroxylation sites is 2. The maximum atomic E-state index is 12.5. The van der Waals surface area contributed by atoms with Crippen LogP contribution in [-0.2, 0) is 11.4 Å². The number of carbonyl (C=O) groups excluding carboxylic acids is 1. The molecule has 7 heteroatoms. The second-order valence-electron chi connectivity index (χ2n) is 6.18. The van der Waals surface area contributed by atoms with Gasteiger partial charge >= 0.3 is 0 Å². The minimum atomic E-state index is -0.565. The predicted octanol–water partition coefficient (Wildman–Crippen LogP) is 6.77. The van der Waals surface area contributed by atoms with Crippen molar-refractivity contribution in [2.24, 2.45) is 0 Å². The highest BCUT2D eigenvalue weighted by Gasteiger charge is 2.13. The quantitative estimate of drug-likeness (QED) is 0.328. The van der Waals surface area contributed by atoms with Crippen LogP contribution < -0.4 is 10.1 Å². The molecule has 30 heavy (non-hydrogen) atoms. The van der Waals surface area contributed by atoms with Gasteiger partial charge in [0, 0.05) is 5.56 Å². The number of nitrogens with zero attached hydrogens (tertiary/aromatic N) is 1. The molecule has 0 saturated heterocycles. The van der Waals surface area contributed by atoms with E-state index in [0.717, 1.165) is 5.56 Å². The van der Waals surface area contributed by atoms with Crippen molar-refractivity contribution < 1.29 is 9.53 Å². The number of nitriles is 1. The third-order valence-electron chi connectivity index (χ3n) is 4.08. The molecule has 150 valence electrons. The van der Waals surface area contributed by atoms with Gasteiger partial charge in [0.1, 0.15) is 24.0 Å². The summed E-state index contributed by atoms with van der Waals surface area (Å²) < 4.78 is 5.87. The Bertz CT molecular complexity index is 1150. The summed E-state index contributed by atoms with van der Waals surface area (Å²) >= 11 is 18.0. The number of ether oxygens (including phenoxy) is 1. The number of benzene rings is 3. The smallest absolute Gasteiger partial charge is 0.266 e. The fraction of sp³-hybridized carbons (Fsp3) is 0.0435. The minimum absolute atomic E-state index is 0.0829. The molecule has 1 amide bonds. The van der Waals surface area contributed by atoms with Crippen LogP contribution in [0.1, 0.15) is 11.1 Å². The van der Waals surface area contributed by atoms with Gasteiger partial charge in [0.25, 0.3) is 5.91 Å². The van der Waals surface area contributed by atoms with Crippen molar-refractivity contribution in [3.8, 4) is 11.8 Å². The largest absolute Gasteiger partial charge is 0.488 e. The summed E-state index contributed by atoms with van der Waals surface area (Å²) in [5.41, 5.74) is 1.76. The first-order valence-electron chi connectivity index (χ1n) is 8.81. The van der Waals surface area contributed by atoms with Crippen molar-refractivity contribution in [2.45, 2.75) is 6.61 Å². The molecule has 0 unspecified atom stereocenters. The van der Waals surface area contributed by atoms with Crippen LogP contribution in [0.3, 0.4) is 0 Å². The molecule has 0 heterocycles. The summed E-state index contributed by atoms with van der Waals surface area (Å²) in [7, 11) is 0. The fourth-order valence-corrected chi connectivity index (χ4v) is 3.08. The molecular formula is C23H15Cl3N2O2. The lowest BCUT2D eigenvalue weighted by Crippen LogP contribution is -2.13. The van der Waals surface area contributed by atoms with E-state index >= 15 is 0 Å². The molecule has 0 aromatic heterocycles. The Morgan fingerprint density at radius 3 is 2.43 bits per heavy atom. The molecule has 3 rings (SSSR count). The Morgan fingerprint density at radius 1 is 0.967 bits per heavy atom. The van der Waals surface area contributed by atoms with Gasteiger partial charge in [-0.15, -0.1) is 0 Å². The van der Waals surface area contributed by atoms with E-state index in [9.17, 15) is 10.1 Å². The number of amides is 1. The normalized spacial score (nSPS) is 10.9. The van der Waals surface area contributed by atoms with Crippen LogP contribution in [0.25, 0.3) is 6.08 Å². The maximum Gasteiger partial charge on any atom is 0.266 e. The lowest BCUT2D eigenvalue weighted by Gasteiger charge is -2.11. The van der Waals surface area contributed by atoms with E-state index in [-0.39, 0.29) is 12.2 Å². The standard InChI is InChI=1S/C23H15Cl3N2O2/c24-18-10-9-15(11-20(18)26)14-30-22-8-4-1-5-16(22)12-17(13-27)23(29)28-21-7-3-2-6-19(21)25/h1-12H,14H2,(H,28,29)/b17-12+. The first-order valence-corrected chi connectivity index (χ1v) is 9.95. The fourth-order valence-electron chi connectivity index (χ4n) is 2.58. The van der Waals surface area contributed by atoms with Gasteiger partial charge in [0.05, 0.1) is 20.8 Å². The molecule has 0 fully saturated rings. The van der Waals surface area contributed by atoms with Gasteiger partial charge in [-0.05, 0) is 42.0 Å². The van der Waals surface area contributed by atoms with E-state index in [4.69, 9.17) is 39.5 Å². The molecule has 0 atom stereocenters. The van der Waals surface area contributed by atoms with Crippen LogP contribution >= 0.6 is 34.8 Å². The summed E-state index contributed by atoms with van der Waals surface area (Å²) in [4.78, 5) is 12.5. The van der Waals surface area contributed by atoms with Crippen LogP contribution in [0.2, 0.25) is 15.1 Å². The van der Waals surface area contributed by atoms with Crippen molar-refractivity contribution in [3.05, 3.63) is 98.5 Å². The number of halogens is 3. The zero-order valence-electron chi connectivity index (χ0n) is 15.5. The highest BCUT2D eigenvalue weighted by atomic mass is 35.5. The highest BCUT2D eigenvalue weighted by molar-refractivity contribution is 6.42. The van der Waals surface area contributed by atoms with Crippen molar-refractivity contribution in [1.82, 2.24) is 0 Å². The second-order valence-corrected chi connectivity index (χ2v) is 7.40. The van der Waals surface area contributed by atoms with Gasteiger partial charge in [0.2, 0.25) is 0 Å². The zero-order valence-corrected chi connectivity index (χ0v) is 17.8. The van der Waals surface area contributed by atoms with Crippen LogP contribution in [0, 0.1) is 11.3 Å². The molecule has 0 spiro atoms. The van der Waals surface area contributed by atoms with Gasteiger partial charge in [-0.25, -0.2) is 0 Å². The molecule has 0 saturated carbocycles. The van der Waals surface area contributed by atoms with E-state index in [0.29, 0.717) is 32.1 Å². The van der Waals surface area contributed by atoms with E-state index in [1.54, 1.807) is 60.7 Å². The SMILES string of the molecule is N#C/C(=C\c1ccccc1OCc1ccc(Cl)c(Cl)c1)C(=O)Nc1ccccc1Cl. The number of anilines is 1. The molecule has 0 bridgehead atoms. The number of hydrogen-bond acceptors (Lipinski definition) is 3. The summed E-state index contributed by atoms with van der Waals surface area (Å²) in [6, 6.07) is 21.1. The Morgan fingerprint density at radius 2 is 1.70 bits per heavy atom. The average Bonchev–Trinajstić information content (AvgIpc) is 2.75. The number of nitrogens with one attached hydrogen (secondary N) is 1. The van der Waals surface area contributed by atoms with Crippen LogP contribution in [0.4, 0.5) is 5.69 Å². The molecule has 1 N–H and O–H groups in total. The zero-order chi connectivity index (χ0) is 21.5. The van der Waals surface area contributed by atoms with Gasteiger partial charge in [0.15, 0.2) is 0 Å². The highest BCUT2D eigenvalue weighted by Crippen LogP contribution is 2.26. The summed E-state index contributed by atoms with van der Waals surface area (Å²) in [6.45, 7) is 0.245. The van der Waals surface area contributed by atoms with E-state index < -0.39 is 5.91 Å². The third kappa shape index (κ3) is 5.55. The lowest BCUT2D eigenvalue weighted by atomic mass is 10.1. The van der Waals surface area contributed by atoms with Gasteiger partial charge in [-0.2, -0.15) is 5.26 Å². The molecule has 0 aliphatic rings. The van der Waals surface area contributed by atoms with Crippen LogP contribution in [0.5, 0.6) is 5.75 Å². The maximum absolute atomic E-state index is 12.5. The monoisotopic (exact) mass is 456 g/mol. The summed E-state index contributed by atoms with van der Waals surface area (Å²) in [5.74, 6) is -0.0493. The Balaban J connectivity index is 1.79. The lowest BCUT2D eigenvalue weighted by molar-refractivity contribution is -0.112. The van der Waals surface area contributed by atoms with Gasteiger partial charge < -0.3 is 10.1 Å². The van der Waals surface area contributed by atoms with Crippen LogP contribution in [-0.4, -0.2) is 5.91 Å². The Labute approximate surface area is 189 Å². The molecule has 0 aliphatic heterocycles. The molecular weight excluding hydrogens is 443 g/mol. The van der Waals surface area contributed by atoms with Gasteiger partial charge in [-0.1, -0.05) is 71.2 Å². The summed E-state index contributed by atoms with van der Waals surface area (Å²) in [5, 5.41) is 13.4. The number of hydrogen-bond donors (Lipinski definition) is 1.